The normalized spacial score (nSPS) is 25.2. The van der Waals surface area contributed by atoms with Gasteiger partial charge in [0.05, 0.1) is 0 Å². The van der Waals surface area contributed by atoms with Crippen molar-refractivity contribution in [3.05, 3.63) is 34.9 Å². The number of unbranched alkanes of at least 4 members (excludes halogenated alkanes) is 2. The maximum atomic E-state index is 10.6. The summed E-state index contributed by atoms with van der Waals surface area (Å²) in [5.74, 6) is 2.03. The number of ether oxygens (including phenoxy) is 1. The van der Waals surface area contributed by atoms with E-state index < -0.39 is 0 Å². The molecule has 1 aromatic carbocycles. The van der Waals surface area contributed by atoms with E-state index in [1.165, 1.54) is 30.4 Å². The average molecular weight is 300 g/mol. The Morgan fingerprint density at radius 1 is 1.27 bits per heavy atom. The predicted octanol–water partition coefficient (Wildman–Crippen LogP) is 5.35. The third-order valence-corrected chi connectivity index (χ3v) is 5.29. The zero-order valence-electron chi connectivity index (χ0n) is 14.3. The maximum absolute atomic E-state index is 10.6. The molecule has 3 rings (SSSR count). The highest BCUT2D eigenvalue weighted by molar-refractivity contribution is 5.54. The quantitative estimate of drug-likeness (QED) is 0.600. The van der Waals surface area contributed by atoms with E-state index in [0.717, 1.165) is 24.2 Å². The van der Waals surface area contributed by atoms with Crippen LogP contribution in [0.1, 0.15) is 70.4 Å². The molecule has 2 heteroatoms. The van der Waals surface area contributed by atoms with Crippen LogP contribution in [0.4, 0.5) is 0 Å². The predicted molar refractivity (Wildman–Crippen MR) is 90.6 cm³/mol. The van der Waals surface area contributed by atoms with Crippen molar-refractivity contribution in [1.29, 1.82) is 0 Å². The number of fused-ring (bicyclic) bond motifs is 3. The molecular formula is C20H28O2. The maximum Gasteiger partial charge on any atom is 0.127 e. The Bertz CT molecular complexity index is 598. The second kappa shape index (κ2) is 5.64. The minimum atomic E-state index is -0.180. The molecule has 22 heavy (non-hydrogen) atoms. The summed E-state index contributed by atoms with van der Waals surface area (Å²) in [7, 11) is 0. The number of hydrogen-bond donors (Lipinski definition) is 1. The molecule has 0 fully saturated rings. The molecule has 0 saturated carbocycles. The Kier molecular flexibility index (Phi) is 3.96. The number of benzene rings is 1. The third kappa shape index (κ3) is 2.64. The van der Waals surface area contributed by atoms with Crippen LogP contribution in [0.5, 0.6) is 11.5 Å². The van der Waals surface area contributed by atoms with E-state index in [0.29, 0.717) is 17.6 Å². The van der Waals surface area contributed by atoms with Crippen LogP contribution in [-0.2, 0) is 6.42 Å². The van der Waals surface area contributed by atoms with Crippen molar-refractivity contribution in [2.45, 2.75) is 71.3 Å². The van der Waals surface area contributed by atoms with Gasteiger partial charge in [0, 0.05) is 17.4 Å². The Morgan fingerprint density at radius 3 is 2.77 bits per heavy atom. The topological polar surface area (TPSA) is 29.5 Å². The van der Waals surface area contributed by atoms with Gasteiger partial charge in [-0.25, -0.2) is 0 Å². The molecule has 1 aromatic rings. The van der Waals surface area contributed by atoms with Crippen LogP contribution in [0.25, 0.3) is 0 Å². The fourth-order valence-corrected chi connectivity index (χ4v) is 4.10. The smallest absolute Gasteiger partial charge is 0.127 e. The highest BCUT2D eigenvalue weighted by atomic mass is 16.5. The van der Waals surface area contributed by atoms with Gasteiger partial charge >= 0.3 is 0 Å². The largest absolute Gasteiger partial charge is 0.507 e. The standard InChI is InChI=1S/C20H28O2/c1-5-6-7-8-14-11-17(21)19-15-9-13(2)10-16(15)20(3,4)22-18(19)12-14/h9,11-12,15-16,21H,5-8,10H2,1-4H3/t15?,16-/m1/s1. The summed E-state index contributed by atoms with van der Waals surface area (Å²) in [5.41, 5.74) is 3.42. The van der Waals surface area contributed by atoms with E-state index in [1.54, 1.807) is 0 Å². The van der Waals surface area contributed by atoms with Crippen LogP contribution >= 0.6 is 0 Å². The molecule has 2 nitrogen and oxygen atoms in total. The zero-order valence-corrected chi connectivity index (χ0v) is 14.3. The molecule has 0 bridgehead atoms. The first kappa shape index (κ1) is 15.5. The van der Waals surface area contributed by atoms with E-state index in [9.17, 15) is 5.11 Å². The molecule has 0 saturated heterocycles. The lowest BCUT2D eigenvalue weighted by molar-refractivity contribution is 0.0224. The van der Waals surface area contributed by atoms with E-state index in [-0.39, 0.29) is 5.60 Å². The summed E-state index contributed by atoms with van der Waals surface area (Å²) < 4.78 is 6.32. The molecule has 1 unspecified atom stereocenters. The first-order valence-corrected chi connectivity index (χ1v) is 8.64. The van der Waals surface area contributed by atoms with Gasteiger partial charge < -0.3 is 9.84 Å². The number of aryl methyl sites for hydroxylation is 1. The highest BCUT2D eigenvalue weighted by Gasteiger charge is 2.46. The number of hydrogen-bond acceptors (Lipinski definition) is 2. The van der Waals surface area contributed by atoms with Crippen molar-refractivity contribution in [3.63, 3.8) is 0 Å². The molecule has 0 amide bonds. The van der Waals surface area contributed by atoms with Crippen LogP contribution in [-0.4, -0.2) is 10.7 Å². The van der Waals surface area contributed by atoms with Gasteiger partial charge in [-0.1, -0.05) is 31.4 Å². The molecule has 1 heterocycles. The highest BCUT2D eigenvalue weighted by Crippen LogP contribution is 2.54. The molecule has 1 aliphatic heterocycles. The molecule has 0 spiro atoms. The fourth-order valence-electron chi connectivity index (χ4n) is 4.10. The summed E-state index contributed by atoms with van der Waals surface area (Å²) in [5, 5.41) is 10.6. The molecule has 0 radical (unpaired) electrons. The van der Waals surface area contributed by atoms with Crippen LogP contribution in [0.2, 0.25) is 0 Å². The van der Waals surface area contributed by atoms with Crippen molar-refractivity contribution < 1.29 is 9.84 Å². The van der Waals surface area contributed by atoms with Crippen LogP contribution in [0.15, 0.2) is 23.8 Å². The van der Waals surface area contributed by atoms with Crippen LogP contribution < -0.4 is 4.74 Å². The molecule has 120 valence electrons. The van der Waals surface area contributed by atoms with E-state index in [2.05, 4.69) is 39.8 Å². The van der Waals surface area contributed by atoms with Crippen molar-refractivity contribution in [2.75, 3.05) is 0 Å². The summed E-state index contributed by atoms with van der Waals surface area (Å²) in [6, 6.07) is 4.11. The molecule has 2 aliphatic rings. The van der Waals surface area contributed by atoms with Gasteiger partial charge in [0.15, 0.2) is 0 Å². The van der Waals surface area contributed by atoms with Crippen LogP contribution in [0.3, 0.4) is 0 Å². The lowest BCUT2D eigenvalue weighted by Gasteiger charge is -2.42. The second-order valence-corrected chi connectivity index (χ2v) is 7.54. The Hall–Kier alpha value is -1.44. The lowest BCUT2D eigenvalue weighted by atomic mass is 9.75. The van der Waals surface area contributed by atoms with Gasteiger partial charge in [0.2, 0.25) is 0 Å². The van der Waals surface area contributed by atoms with Crippen molar-refractivity contribution in [1.82, 2.24) is 0 Å². The van der Waals surface area contributed by atoms with Crippen molar-refractivity contribution in [3.8, 4) is 11.5 Å². The van der Waals surface area contributed by atoms with Gasteiger partial charge in [-0.05, 0) is 57.7 Å². The minimum absolute atomic E-state index is 0.180. The number of aromatic hydroxyl groups is 1. The second-order valence-electron chi connectivity index (χ2n) is 7.54. The summed E-state index contributed by atoms with van der Waals surface area (Å²) in [6.07, 6.45) is 8.02. The first-order valence-electron chi connectivity index (χ1n) is 8.64. The first-order chi connectivity index (χ1) is 10.4. The van der Waals surface area contributed by atoms with E-state index in [1.807, 2.05) is 6.07 Å². The average Bonchev–Trinajstić information content (AvgIpc) is 2.80. The Morgan fingerprint density at radius 2 is 2.05 bits per heavy atom. The molecular weight excluding hydrogens is 272 g/mol. The SMILES string of the molecule is CCCCCc1cc(O)c2c(c1)OC(C)(C)[C@@H]1CC(C)=CC21. The van der Waals surface area contributed by atoms with E-state index >= 15 is 0 Å². The van der Waals surface area contributed by atoms with Gasteiger partial charge in [0.25, 0.3) is 0 Å². The summed E-state index contributed by atoms with van der Waals surface area (Å²) >= 11 is 0. The minimum Gasteiger partial charge on any atom is -0.507 e. The number of rotatable bonds is 4. The van der Waals surface area contributed by atoms with Gasteiger partial charge in [-0.2, -0.15) is 0 Å². The van der Waals surface area contributed by atoms with Gasteiger partial charge in [0.1, 0.15) is 17.1 Å². The summed E-state index contributed by atoms with van der Waals surface area (Å²) in [4.78, 5) is 0. The van der Waals surface area contributed by atoms with E-state index in [4.69, 9.17) is 4.74 Å². The Balaban J connectivity index is 1.97. The Labute approximate surface area is 134 Å². The molecule has 1 N–H and O–H groups in total. The monoisotopic (exact) mass is 300 g/mol. The fraction of sp³-hybridized carbons (Fsp3) is 0.600. The molecule has 2 atom stereocenters. The zero-order chi connectivity index (χ0) is 15.9. The number of allylic oxidation sites excluding steroid dienone is 2. The van der Waals surface area contributed by atoms with Gasteiger partial charge in [-0.3, -0.25) is 0 Å². The molecule has 0 aromatic heterocycles. The lowest BCUT2D eigenvalue weighted by Crippen LogP contribution is -2.42. The summed E-state index contributed by atoms with van der Waals surface area (Å²) in [6.45, 7) is 8.76. The number of phenolic OH excluding ortho intramolecular Hbond substituents is 1. The van der Waals surface area contributed by atoms with Gasteiger partial charge in [-0.15, -0.1) is 0 Å². The van der Waals surface area contributed by atoms with Crippen molar-refractivity contribution in [2.24, 2.45) is 5.92 Å². The van der Waals surface area contributed by atoms with Crippen LogP contribution in [0, 0.1) is 5.92 Å². The number of phenols is 1. The molecule has 1 aliphatic carbocycles. The third-order valence-electron chi connectivity index (χ3n) is 5.29. The van der Waals surface area contributed by atoms with Crippen molar-refractivity contribution >= 4 is 0 Å².